The van der Waals surface area contributed by atoms with Gasteiger partial charge in [0.15, 0.2) is 0 Å². The molecule has 0 bridgehead atoms. The summed E-state index contributed by atoms with van der Waals surface area (Å²) >= 11 is 0. The molecule has 3 aromatic rings. The average Bonchev–Trinajstić information content (AvgIpc) is 2.82. The van der Waals surface area contributed by atoms with Gasteiger partial charge < -0.3 is 9.57 Å². The Morgan fingerprint density at radius 2 is 1.80 bits per heavy atom. The van der Waals surface area contributed by atoms with Crippen molar-refractivity contribution in [2.75, 3.05) is 13.1 Å². The molecule has 2 unspecified atom stereocenters. The summed E-state index contributed by atoms with van der Waals surface area (Å²) in [7, 11) is -2.58. The lowest BCUT2D eigenvalue weighted by Gasteiger charge is -2.38. The fraction of sp³-hybridized carbons (Fsp3) is 0.423. The number of hydrogen-bond donors (Lipinski definition) is 1. The van der Waals surface area contributed by atoms with Crippen LogP contribution in [0.5, 0.6) is 0 Å². The molecule has 2 aromatic carbocycles. The predicted octanol–water partition coefficient (Wildman–Crippen LogP) is 3.62. The Balaban J connectivity index is 1.51. The van der Waals surface area contributed by atoms with Gasteiger partial charge in [0.1, 0.15) is 22.3 Å². The Morgan fingerprint density at radius 3 is 2.49 bits per heavy atom. The molecule has 2 heterocycles. The van der Waals surface area contributed by atoms with Crippen LogP contribution in [0.3, 0.4) is 0 Å². The maximum atomic E-state index is 12.4. The highest BCUT2D eigenvalue weighted by Crippen LogP contribution is 2.31. The molecular weight excluding hydrogens is 466 g/mol. The summed E-state index contributed by atoms with van der Waals surface area (Å²) < 4.78 is 28.4. The van der Waals surface area contributed by atoms with Crippen LogP contribution < -0.4 is 0 Å². The van der Waals surface area contributed by atoms with Gasteiger partial charge in [-0.2, -0.15) is 0 Å². The summed E-state index contributed by atoms with van der Waals surface area (Å²) in [6.45, 7) is 6.84. The molecule has 1 aliphatic rings. The standard InChI is InChI=1S/C26H31N3O5S/c1-26(2,3)25(30)34-29-11-10-22(21-13-27-24(28-14-21)17-35(31)32)23(15-29)33-16-18-8-9-19-6-4-5-7-20(19)12-18/h4-9,12-14,22-23,35H,10-11,15-17H2,1-3H3. The molecule has 0 amide bonds. The third kappa shape index (κ3) is 6.62. The van der Waals surface area contributed by atoms with Crippen molar-refractivity contribution in [3.05, 3.63) is 71.8 Å². The van der Waals surface area contributed by atoms with Crippen molar-refractivity contribution in [2.45, 2.75) is 51.6 Å². The number of thiol groups is 1. The van der Waals surface area contributed by atoms with E-state index in [-0.39, 0.29) is 29.6 Å². The number of carbonyl (C=O) groups is 1. The summed E-state index contributed by atoms with van der Waals surface area (Å²) in [6.07, 6.45) is 3.76. The zero-order chi connectivity index (χ0) is 25.0. The summed E-state index contributed by atoms with van der Waals surface area (Å²) in [5, 5.41) is 3.99. The number of benzene rings is 2. The van der Waals surface area contributed by atoms with Gasteiger partial charge >= 0.3 is 5.97 Å². The lowest BCUT2D eigenvalue weighted by Crippen LogP contribution is -2.46. The quantitative estimate of drug-likeness (QED) is 0.494. The van der Waals surface area contributed by atoms with Crippen LogP contribution in [0.15, 0.2) is 54.9 Å². The molecule has 2 atom stereocenters. The zero-order valence-electron chi connectivity index (χ0n) is 20.2. The van der Waals surface area contributed by atoms with Crippen LogP contribution >= 0.6 is 0 Å². The first-order chi connectivity index (χ1) is 16.7. The van der Waals surface area contributed by atoms with E-state index in [0.29, 0.717) is 26.1 Å². The second-order valence-corrected chi connectivity index (χ2v) is 10.8. The van der Waals surface area contributed by atoms with Crippen LogP contribution in [0.1, 0.15) is 50.1 Å². The maximum Gasteiger partial charge on any atom is 0.330 e. The molecule has 0 radical (unpaired) electrons. The Labute approximate surface area is 207 Å². The van der Waals surface area contributed by atoms with E-state index in [1.807, 2.05) is 32.9 Å². The van der Waals surface area contributed by atoms with Gasteiger partial charge in [-0.25, -0.2) is 23.2 Å². The van der Waals surface area contributed by atoms with Crippen molar-refractivity contribution in [3.8, 4) is 0 Å². The highest BCUT2D eigenvalue weighted by molar-refractivity contribution is 7.71. The van der Waals surface area contributed by atoms with Crippen LogP contribution in [0.2, 0.25) is 0 Å². The maximum absolute atomic E-state index is 12.4. The van der Waals surface area contributed by atoms with Crippen molar-refractivity contribution in [1.82, 2.24) is 15.0 Å². The van der Waals surface area contributed by atoms with E-state index < -0.39 is 16.1 Å². The van der Waals surface area contributed by atoms with Crippen molar-refractivity contribution >= 4 is 27.4 Å². The summed E-state index contributed by atoms with van der Waals surface area (Å²) in [5.41, 5.74) is 1.32. The van der Waals surface area contributed by atoms with E-state index in [1.165, 1.54) is 5.39 Å². The molecule has 186 valence electrons. The van der Waals surface area contributed by atoms with Gasteiger partial charge in [0, 0.05) is 24.9 Å². The Kier molecular flexibility index (Phi) is 7.78. The molecule has 0 aliphatic carbocycles. The first-order valence-electron chi connectivity index (χ1n) is 11.7. The molecule has 35 heavy (non-hydrogen) atoms. The normalized spacial score (nSPS) is 19.2. The number of aromatic nitrogens is 2. The van der Waals surface area contributed by atoms with Crippen molar-refractivity contribution < 1.29 is 22.8 Å². The lowest BCUT2D eigenvalue weighted by molar-refractivity contribution is -0.216. The predicted molar refractivity (Wildman–Crippen MR) is 133 cm³/mol. The zero-order valence-corrected chi connectivity index (χ0v) is 21.1. The van der Waals surface area contributed by atoms with Gasteiger partial charge in [-0.3, -0.25) is 0 Å². The molecule has 1 aliphatic heterocycles. The molecule has 1 aromatic heterocycles. The van der Waals surface area contributed by atoms with Gasteiger partial charge in [-0.1, -0.05) is 36.4 Å². The Morgan fingerprint density at radius 1 is 1.09 bits per heavy atom. The SMILES string of the molecule is CC(C)(C)C(=O)ON1CCC(c2cnc(C[SH](=O)=O)nc2)C(OCc2ccc3ccccc3c2)C1. The van der Waals surface area contributed by atoms with E-state index in [2.05, 4.69) is 40.3 Å². The number of hydroxylamine groups is 2. The molecule has 0 N–H and O–H groups in total. The number of nitrogens with zero attached hydrogens (tertiary/aromatic N) is 3. The smallest absolute Gasteiger partial charge is 0.330 e. The molecule has 1 fully saturated rings. The van der Waals surface area contributed by atoms with E-state index in [9.17, 15) is 13.2 Å². The van der Waals surface area contributed by atoms with Crippen molar-refractivity contribution in [1.29, 1.82) is 0 Å². The molecular formula is C26H31N3O5S. The second kappa shape index (κ2) is 10.8. The van der Waals surface area contributed by atoms with Crippen LogP contribution in [0.4, 0.5) is 0 Å². The molecule has 0 spiro atoms. The number of piperidine rings is 1. The van der Waals surface area contributed by atoms with E-state index in [0.717, 1.165) is 16.5 Å². The first kappa shape index (κ1) is 25.2. The van der Waals surface area contributed by atoms with Gasteiger partial charge in [-0.15, -0.1) is 5.06 Å². The number of hydrogen-bond acceptors (Lipinski definition) is 8. The van der Waals surface area contributed by atoms with Gasteiger partial charge in [0.05, 0.1) is 24.7 Å². The highest BCUT2D eigenvalue weighted by atomic mass is 32.2. The second-order valence-electron chi connectivity index (χ2n) is 9.87. The molecule has 8 nitrogen and oxygen atoms in total. The van der Waals surface area contributed by atoms with E-state index >= 15 is 0 Å². The first-order valence-corrected chi connectivity index (χ1v) is 13.0. The highest BCUT2D eigenvalue weighted by Gasteiger charge is 2.35. The fourth-order valence-corrected chi connectivity index (χ4v) is 4.45. The number of ether oxygens (including phenoxy) is 1. The molecule has 9 heteroatoms. The van der Waals surface area contributed by atoms with Crippen molar-refractivity contribution in [3.63, 3.8) is 0 Å². The van der Waals surface area contributed by atoms with Gasteiger partial charge in [-0.05, 0) is 55.2 Å². The molecule has 0 saturated carbocycles. The minimum absolute atomic E-state index is 0.0184. The largest absolute Gasteiger partial charge is 0.371 e. The van der Waals surface area contributed by atoms with E-state index in [1.54, 1.807) is 17.5 Å². The third-order valence-corrected chi connectivity index (χ3v) is 6.59. The topological polar surface area (TPSA) is 98.7 Å². The average molecular weight is 498 g/mol. The molecule has 1 saturated heterocycles. The number of fused-ring (bicyclic) bond motifs is 1. The third-order valence-electron chi connectivity index (χ3n) is 6.05. The minimum atomic E-state index is -2.58. The Hall–Kier alpha value is -2.88. The van der Waals surface area contributed by atoms with Crippen LogP contribution in [-0.4, -0.2) is 48.6 Å². The Bertz CT molecular complexity index is 1250. The van der Waals surface area contributed by atoms with Crippen molar-refractivity contribution in [2.24, 2.45) is 5.41 Å². The number of carbonyl (C=O) groups excluding carboxylic acids is 1. The van der Waals surface area contributed by atoms with E-state index in [4.69, 9.17) is 9.57 Å². The van der Waals surface area contributed by atoms with Gasteiger partial charge in [0.25, 0.3) is 0 Å². The van der Waals surface area contributed by atoms with Crippen LogP contribution in [-0.2, 0) is 37.4 Å². The van der Waals surface area contributed by atoms with Crippen LogP contribution in [0, 0.1) is 5.41 Å². The summed E-state index contributed by atoms with van der Waals surface area (Å²) in [5.74, 6) is -0.215. The van der Waals surface area contributed by atoms with Crippen LogP contribution in [0.25, 0.3) is 10.8 Å². The van der Waals surface area contributed by atoms with Gasteiger partial charge in [0.2, 0.25) is 0 Å². The molecule has 4 rings (SSSR count). The number of rotatable bonds is 7. The fourth-order valence-electron chi connectivity index (χ4n) is 4.06. The summed E-state index contributed by atoms with van der Waals surface area (Å²) in [6, 6.07) is 14.4. The minimum Gasteiger partial charge on any atom is -0.371 e. The summed E-state index contributed by atoms with van der Waals surface area (Å²) in [4.78, 5) is 26.6. The lowest BCUT2D eigenvalue weighted by atomic mass is 9.89. The monoisotopic (exact) mass is 497 g/mol.